The number of nitrogens with zero attached hydrogens (tertiary/aromatic N) is 5. The molecule has 0 aliphatic rings. The third-order valence-corrected chi connectivity index (χ3v) is 5.56. The fourth-order valence-corrected chi connectivity index (χ4v) is 3.82. The number of imidazole rings is 1. The van der Waals surface area contributed by atoms with E-state index in [0.717, 1.165) is 16.9 Å². The number of benzene rings is 1. The van der Waals surface area contributed by atoms with Gasteiger partial charge < -0.3 is 16.4 Å². The highest BCUT2D eigenvalue weighted by atomic mass is 19.4. The molecule has 0 aliphatic carbocycles. The van der Waals surface area contributed by atoms with Crippen molar-refractivity contribution in [1.82, 2.24) is 29.5 Å². The number of amides is 1. The zero-order valence-electron chi connectivity index (χ0n) is 19.8. The Morgan fingerprint density at radius 1 is 1.24 bits per heavy atom. The predicted molar refractivity (Wildman–Crippen MR) is 126 cm³/mol. The first-order valence-corrected chi connectivity index (χ1v) is 11.1. The Kier molecular flexibility index (Phi) is 7.12. The van der Waals surface area contributed by atoms with Crippen LogP contribution in [0.25, 0.3) is 16.9 Å². The summed E-state index contributed by atoms with van der Waals surface area (Å²) in [5.74, 6) is -1.26. The maximum Gasteiger partial charge on any atom is 0.435 e. The predicted octanol–water partition coefficient (Wildman–Crippen LogP) is 3.85. The van der Waals surface area contributed by atoms with Crippen LogP contribution in [0, 0.1) is 12.7 Å². The lowest BCUT2D eigenvalue weighted by Gasteiger charge is -2.15. The van der Waals surface area contributed by atoms with Gasteiger partial charge in [0.25, 0.3) is 5.91 Å². The smallest absolute Gasteiger partial charge is 0.348 e. The quantitative estimate of drug-likeness (QED) is 0.303. The second-order valence-electron chi connectivity index (χ2n) is 8.34. The third-order valence-electron chi connectivity index (χ3n) is 5.56. The van der Waals surface area contributed by atoms with Crippen LogP contribution in [0.1, 0.15) is 28.5 Å². The van der Waals surface area contributed by atoms with Gasteiger partial charge in [-0.1, -0.05) is 0 Å². The molecule has 0 radical (unpaired) electrons. The number of hydrogen-bond donors (Lipinski definition) is 3. The van der Waals surface area contributed by atoms with Gasteiger partial charge in [0, 0.05) is 36.9 Å². The Bertz CT molecular complexity index is 1420. The fraction of sp³-hybridized carbons (Fsp3) is 0.304. The summed E-state index contributed by atoms with van der Waals surface area (Å²) in [6.45, 7) is 2.22. The molecule has 1 aromatic carbocycles. The Balaban J connectivity index is 1.70. The molecule has 37 heavy (non-hydrogen) atoms. The molecule has 3 aromatic heterocycles. The fourth-order valence-electron chi connectivity index (χ4n) is 3.82. The molecule has 4 rings (SSSR count). The minimum Gasteiger partial charge on any atom is -0.348 e. The first-order chi connectivity index (χ1) is 17.5. The molecule has 3 heterocycles. The summed E-state index contributed by atoms with van der Waals surface area (Å²) in [6.07, 6.45) is 0.284. The van der Waals surface area contributed by atoms with Crippen molar-refractivity contribution in [1.29, 1.82) is 0 Å². The van der Waals surface area contributed by atoms with Crippen molar-refractivity contribution in [2.24, 2.45) is 5.73 Å². The van der Waals surface area contributed by atoms with Gasteiger partial charge in [-0.05, 0) is 31.5 Å². The molecule has 9 nitrogen and oxygen atoms in total. The van der Waals surface area contributed by atoms with Crippen molar-refractivity contribution in [2.45, 2.75) is 32.6 Å². The third kappa shape index (κ3) is 5.23. The largest absolute Gasteiger partial charge is 0.435 e. The number of carbonyl (C=O) groups excluding carboxylic acids is 1. The maximum absolute atomic E-state index is 14.9. The number of hydrogen-bond acceptors (Lipinski definition) is 6. The Labute approximate surface area is 207 Å². The van der Waals surface area contributed by atoms with Crippen LogP contribution in [0.2, 0.25) is 0 Å². The van der Waals surface area contributed by atoms with Gasteiger partial charge in [0.15, 0.2) is 17.2 Å². The summed E-state index contributed by atoms with van der Waals surface area (Å²) in [5.41, 5.74) is 4.71. The standard InChI is InChI=1S/C23H23F5N8O/c1-12-7-14(8-16(25)18(12)22(37)32-13(2)9-29)33-20-21-31-10-17(36(21)6-4-30-20)15-11-35(5-3-24)34-19(15)23(26,27)28/h4,6-8,10-11,13H,3,5,9,29H2,1-2H3,(H,30,33)(H,32,37). The number of carbonyl (C=O) groups is 1. The molecular weight excluding hydrogens is 499 g/mol. The maximum atomic E-state index is 14.9. The molecule has 1 unspecified atom stereocenters. The number of rotatable bonds is 8. The Morgan fingerprint density at radius 3 is 2.65 bits per heavy atom. The minimum atomic E-state index is -4.78. The van der Waals surface area contributed by atoms with E-state index in [1.54, 1.807) is 13.8 Å². The van der Waals surface area contributed by atoms with Crippen molar-refractivity contribution < 1.29 is 26.7 Å². The van der Waals surface area contributed by atoms with E-state index in [0.29, 0.717) is 5.56 Å². The van der Waals surface area contributed by atoms with Gasteiger partial charge in [0.05, 0.1) is 29.6 Å². The number of nitrogens with one attached hydrogen (secondary N) is 2. The normalized spacial score (nSPS) is 12.6. The summed E-state index contributed by atoms with van der Waals surface area (Å²) in [6, 6.07) is 2.29. The van der Waals surface area contributed by atoms with E-state index in [2.05, 4.69) is 25.7 Å². The SMILES string of the molecule is Cc1cc(Nc2nccn3c(-c4cn(CCF)nc4C(F)(F)F)cnc23)cc(F)c1C(=O)NC(C)CN. The zero-order chi connectivity index (χ0) is 26.9. The van der Waals surface area contributed by atoms with E-state index in [-0.39, 0.29) is 53.1 Å². The Morgan fingerprint density at radius 2 is 2.00 bits per heavy atom. The topological polar surface area (TPSA) is 115 Å². The molecule has 0 saturated heterocycles. The van der Waals surface area contributed by atoms with Crippen LogP contribution < -0.4 is 16.4 Å². The van der Waals surface area contributed by atoms with Gasteiger partial charge in [-0.25, -0.2) is 18.7 Å². The van der Waals surface area contributed by atoms with Gasteiger partial charge >= 0.3 is 6.18 Å². The van der Waals surface area contributed by atoms with Crippen molar-refractivity contribution >= 4 is 23.1 Å². The second-order valence-corrected chi connectivity index (χ2v) is 8.34. The second kappa shape index (κ2) is 10.1. The van der Waals surface area contributed by atoms with Gasteiger partial charge in [-0.3, -0.25) is 13.9 Å². The van der Waals surface area contributed by atoms with Crippen molar-refractivity contribution in [2.75, 3.05) is 18.5 Å². The number of aromatic nitrogens is 5. The summed E-state index contributed by atoms with van der Waals surface area (Å²) in [4.78, 5) is 20.8. The van der Waals surface area contributed by atoms with E-state index in [4.69, 9.17) is 5.73 Å². The van der Waals surface area contributed by atoms with Gasteiger partial charge in [0.2, 0.25) is 0 Å². The molecule has 14 heteroatoms. The molecule has 0 spiro atoms. The van der Waals surface area contributed by atoms with Crippen LogP contribution in [0.3, 0.4) is 0 Å². The molecule has 1 atom stereocenters. The number of nitrogens with two attached hydrogens (primary N) is 1. The molecule has 1 amide bonds. The highest BCUT2D eigenvalue weighted by Crippen LogP contribution is 2.37. The number of alkyl halides is 4. The van der Waals surface area contributed by atoms with E-state index >= 15 is 0 Å². The lowest BCUT2D eigenvalue weighted by molar-refractivity contribution is -0.141. The van der Waals surface area contributed by atoms with E-state index in [9.17, 15) is 26.7 Å². The van der Waals surface area contributed by atoms with Crippen LogP contribution in [0.15, 0.2) is 36.9 Å². The lowest BCUT2D eigenvalue weighted by atomic mass is 10.1. The molecule has 0 saturated carbocycles. The van der Waals surface area contributed by atoms with Crippen LogP contribution >= 0.6 is 0 Å². The number of aryl methyl sites for hydroxylation is 2. The van der Waals surface area contributed by atoms with Crippen molar-refractivity contribution in [3.05, 3.63) is 59.6 Å². The average Bonchev–Trinajstić information content (AvgIpc) is 3.43. The zero-order valence-corrected chi connectivity index (χ0v) is 19.8. The lowest BCUT2D eigenvalue weighted by Crippen LogP contribution is -2.38. The molecule has 196 valence electrons. The number of fused-ring (bicyclic) bond motifs is 1. The van der Waals surface area contributed by atoms with E-state index < -0.39 is 30.3 Å². The van der Waals surface area contributed by atoms with Crippen LogP contribution in [-0.4, -0.2) is 49.3 Å². The van der Waals surface area contributed by atoms with Gasteiger partial charge in [-0.2, -0.15) is 18.3 Å². The van der Waals surface area contributed by atoms with Crippen molar-refractivity contribution in [3.63, 3.8) is 0 Å². The van der Waals surface area contributed by atoms with Gasteiger partial charge in [0.1, 0.15) is 12.5 Å². The number of anilines is 2. The first-order valence-electron chi connectivity index (χ1n) is 11.1. The highest BCUT2D eigenvalue weighted by molar-refractivity contribution is 5.96. The highest BCUT2D eigenvalue weighted by Gasteiger charge is 2.38. The monoisotopic (exact) mass is 522 g/mol. The number of halogens is 5. The van der Waals surface area contributed by atoms with Crippen LogP contribution in [-0.2, 0) is 12.7 Å². The Hall–Kier alpha value is -4.07. The molecule has 0 aliphatic heterocycles. The van der Waals surface area contributed by atoms with Gasteiger partial charge in [-0.15, -0.1) is 0 Å². The minimum absolute atomic E-state index is 0.0567. The van der Waals surface area contributed by atoms with E-state index in [1.165, 1.54) is 29.1 Å². The van der Waals surface area contributed by atoms with Crippen molar-refractivity contribution in [3.8, 4) is 11.3 Å². The molecule has 0 fully saturated rings. The summed E-state index contributed by atoms with van der Waals surface area (Å²) in [7, 11) is 0. The van der Waals surface area contributed by atoms with Crippen LogP contribution in [0.5, 0.6) is 0 Å². The summed E-state index contributed by atoms with van der Waals surface area (Å²) < 4.78 is 70.7. The molecular formula is C23H23F5N8O. The first kappa shape index (κ1) is 26.0. The molecule has 0 bridgehead atoms. The van der Waals surface area contributed by atoms with Crippen LogP contribution in [0.4, 0.5) is 33.5 Å². The summed E-state index contributed by atoms with van der Waals surface area (Å²) >= 11 is 0. The summed E-state index contributed by atoms with van der Waals surface area (Å²) in [5, 5.41) is 9.00. The van der Waals surface area contributed by atoms with E-state index in [1.807, 2.05) is 0 Å². The molecule has 4 N–H and O–H groups in total. The average molecular weight is 522 g/mol. The molecule has 4 aromatic rings.